The number of rotatable bonds is 6. The van der Waals surface area contributed by atoms with Crippen molar-refractivity contribution in [3.63, 3.8) is 0 Å². The van der Waals surface area contributed by atoms with Crippen LogP contribution in [0, 0.1) is 0 Å². The van der Waals surface area contributed by atoms with E-state index in [9.17, 15) is 0 Å². The molecule has 0 saturated heterocycles. The van der Waals surface area contributed by atoms with Gasteiger partial charge in [-0.1, -0.05) is 103 Å². The number of thiophene rings is 1. The first kappa shape index (κ1) is 30.7. The zero-order chi connectivity index (χ0) is 35.6. The largest absolute Gasteiger partial charge is 0.456 e. The summed E-state index contributed by atoms with van der Waals surface area (Å²) in [4.78, 5) is 7.11. The van der Waals surface area contributed by atoms with Crippen LogP contribution in [-0.2, 0) is 0 Å². The van der Waals surface area contributed by atoms with E-state index in [-0.39, 0.29) is 0 Å². The Morgan fingerprint density at radius 2 is 1.09 bits per heavy atom. The lowest BCUT2D eigenvalue weighted by molar-refractivity contribution is 0.622. The van der Waals surface area contributed by atoms with Crippen LogP contribution in [0.2, 0.25) is 0 Å². The van der Waals surface area contributed by atoms with E-state index in [2.05, 4.69) is 144 Å². The number of hydrogen-bond acceptors (Lipinski definition) is 5. The summed E-state index contributed by atoms with van der Waals surface area (Å²) in [6.45, 7) is 0. The number of nitrogens with zero attached hydrogens (tertiary/aromatic N) is 2. The summed E-state index contributed by atoms with van der Waals surface area (Å²) in [5.74, 6) is 0.602. The first-order valence-electron chi connectivity index (χ1n) is 18.0. The standard InChI is InChI=1S/C49H30N2O2S/c1-3-10-33(11-4-1)49-50-42-27-29-44-46(47(42)53-49)41-30-34(22-28-43(41)52-44)31-18-23-36(24-19-31)51(35-12-5-2-6-13-35)37-25-20-32(21-26-37)38-15-9-16-40-39-14-7-8-17-45(39)54-48(38)40/h1-30H. The number of furan rings is 1. The molecule has 0 fully saturated rings. The van der Waals surface area contributed by atoms with Gasteiger partial charge in [0.1, 0.15) is 16.7 Å². The number of oxazole rings is 1. The van der Waals surface area contributed by atoms with Crippen molar-refractivity contribution in [3.05, 3.63) is 182 Å². The van der Waals surface area contributed by atoms with E-state index in [0.717, 1.165) is 66.8 Å². The molecule has 0 aliphatic heterocycles. The molecule has 5 heteroatoms. The Morgan fingerprint density at radius 3 is 1.89 bits per heavy atom. The molecule has 11 aromatic rings. The molecule has 0 aliphatic rings. The second kappa shape index (κ2) is 12.3. The third-order valence-electron chi connectivity index (χ3n) is 10.3. The minimum atomic E-state index is 0.602. The van der Waals surface area contributed by atoms with Crippen molar-refractivity contribution in [1.82, 2.24) is 4.98 Å². The highest BCUT2D eigenvalue weighted by Crippen LogP contribution is 2.42. The second-order valence-corrected chi connectivity index (χ2v) is 14.6. The van der Waals surface area contributed by atoms with Crippen LogP contribution in [0.4, 0.5) is 17.1 Å². The van der Waals surface area contributed by atoms with Gasteiger partial charge in [0.15, 0.2) is 5.58 Å². The maximum atomic E-state index is 6.39. The number of hydrogen-bond donors (Lipinski definition) is 0. The van der Waals surface area contributed by atoms with Crippen LogP contribution in [0.3, 0.4) is 0 Å². The fourth-order valence-corrected chi connectivity index (χ4v) is 8.96. The molecule has 4 nitrogen and oxygen atoms in total. The quantitative estimate of drug-likeness (QED) is 0.172. The van der Waals surface area contributed by atoms with Crippen molar-refractivity contribution in [2.75, 3.05) is 4.90 Å². The van der Waals surface area contributed by atoms with Gasteiger partial charge in [0, 0.05) is 48.2 Å². The normalized spacial score (nSPS) is 11.7. The van der Waals surface area contributed by atoms with Crippen molar-refractivity contribution < 1.29 is 8.83 Å². The minimum Gasteiger partial charge on any atom is -0.456 e. The predicted molar refractivity (Wildman–Crippen MR) is 225 cm³/mol. The summed E-state index contributed by atoms with van der Waals surface area (Å²) < 4.78 is 15.3. The summed E-state index contributed by atoms with van der Waals surface area (Å²) in [6.07, 6.45) is 0. The molecule has 0 spiro atoms. The molecule has 0 atom stereocenters. The van der Waals surface area contributed by atoms with E-state index < -0.39 is 0 Å². The van der Waals surface area contributed by atoms with Crippen molar-refractivity contribution >= 4 is 81.6 Å². The maximum absolute atomic E-state index is 6.39. The van der Waals surface area contributed by atoms with Gasteiger partial charge in [-0.25, -0.2) is 4.98 Å². The van der Waals surface area contributed by atoms with Gasteiger partial charge < -0.3 is 13.7 Å². The van der Waals surface area contributed by atoms with Gasteiger partial charge in [-0.2, -0.15) is 0 Å². The van der Waals surface area contributed by atoms with Gasteiger partial charge >= 0.3 is 0 Å². The molecular weight excluding hydrogens is 681 g/mol. The number of aromatic nitrogens is 1. The highest BCUT2D eigenvalue weighted by Gasteiger charge is 2.18. The van der Waals surface area contributed by atoms with Crippen LogP contribution in [0.15, 0.2) is 191 Å². The van der Waals surface area contributed by atoms with E-state index in [4.69, 9.17) is 13.8 Å². The molecule has 11 rings (SSSR count). The predicted octanol–water partition coefficient (Wildman–Crippen LogP) is 14.6. The van der Waals surface area contributed by atoms with Gasteiger partial charge in [-0.05, 0) is 101 Å². The Balaban J connectivity index is 0.958. The number of para-hydroxylation sites is 1. The van der Waals surface area contributed by atoms with E-state index >= 15 is 0 Å². The molecular formula is C49H30N2O2S. The van der Waals surface area contributed by atoms with Gasteiger partial charge in [-0.3, -0.25) is 0 Å². The maximum Gasteiger partial charge on any atom is 0.227 e. The van der Waals surface area contributed by atoms with Gasteiger partial charge in [0.2, 0.25) is 5.89 Å². The van der Waals surface area contributed by atoms with Crippen molar-refractivity contribution in [2.45, 2.75) is 0 Å². The Morgan fingerprint density at radius 1 is 0.444 bits per heavy atom. The van der Waals surface area contributed by atoms with Crippen LogP contribution in [0.1, 0.15) is 0 Å². The first-order valence-corrected chi connectivity index (χ1v) is 18.8. The Hall–Kier alpha value is -6.95. The first-order chi connectivity index (χ1) is 26.7. The van der Waals surface area contributed by atoms with Crippen LogP contribution < -0.4 is 4.90 Å². The van der Waals surface area contributed by atoms with Crippen molar-refractivity contribution in [2.24, 2.45) is 0 Å². The lowest BCUT2D eigenvalue weighted by Gasteiger charge is -2.26. The van der Waals surface area contributed by atoms with E-state index in [0.29, 0.717) is 5.89 Å². The average molecular weight is 711 g/mol. The van der Waals surface area contributed by atoms with Crippen LogP contribution >= 0.6 is 11.3 Å². The van der Waals surface area contributed by atoms with Gasteiger partial charge in [0.25, 0.3) is 0 Å². The molecule has 8 aromatic carbocycles. The molecule has 54 heavy (non-hydrogen) atoms. The molecule has 254 valence electrons. The monoisotopic (exact) mass is 710 g/mol. The molecule has 0 amide bonds. The number of benzene rings is 8. The smallest absolute Gasteiger partial charge is 0.227 e. The fraction of sp³-hybridized carbons (Fsp3) is 0. The molecule has 3 heterocycles. The zero-order valence-electron chi connectivity index (χ0n) is 28.9. The molecule has 0 bridgehead atoms. The molecule has 0 saturated carbocycles. The lowest BCUT2D eigenvalue weighted by Crippen LogP contribution is -2.09. The Labute approximate surface area is 314 Å². The molecule has 0 radical (unpaired) electrons. The highest BCUT2D eigenvalue weighted by molar-refractivity contribution is 7.26. The summed E-state index contributed by atoms with van der Waals surface area (Å²) in [6, 6.07) is 64.0. The minimum absolute atomic E-state index is 0.602. The van der Waals surface area contributed by atoms with Crippen molar-refractivity contribution in [1.29, 1.82) is 0 Å². The lowest BCUT2D eigenvalue weighted by atomic mass is 10.0. The molecule has 3 aromatic heterocycles. The highest BCUT2D eigenvalue weighted by atomic mass is 32.1. The van der Waals surface area contributed by atoms with Gasteiger partial charge in [-0.15, -0.1) is 11.3 Å². The summed E-state index contributed by atoms with van der Waals surface area (Å²) in [5.41, 5.74) is 12.1. The Bertz CT molecular complexity index is 3140. The SMILES string of the molecule is c1ccc(-c2nc3ccc4oc5ccc(-c6ccc(N(c7ccccc7)c7ccc(-c8cccc9c8sc8ccccc89)cc7)cc6)cc5c4c3o2)cc1. The molecule has 0 N–H and O–H groups in total. The number of fused-ring (bicyclic) bond motifs is 8. The van der Waals surface area contributed by atoms with Crippen LogP contribution in [0.25, 0.3) is 86.9 Å². The summed E-state index contributed by atoms with van der Waals surface area (Å²) >= 11 is 1.87. The van der Waals surface area contributed by atoms with Crippen molar-refractivity contribution in [3.8, 4) is 33.7 Å². The summed E-state index contributed by atoms with van der Waals surface area (Å²) in [5, 5.41) is 4.58. The topological polar surface area (TPSA) is 42.4 Å². The average Bonchev–Trinajstić information content (AvgIpc) is 3.95. The Kier molecular flexibility index (Phi) is 7.00. The second-order valence-electron chi connectivity index (χ2n) is 13.5. The van der Waals surface area contributed by atoms with Gasteiger partial charge in [0.05, 0.1) is 5.39 Å². The number of anilines is 3. The van der Waals surface area contributed by atoms with E-state index in [1.54, 1.807) is 0 Å². The van der Waals surface area contributed by atoms with Crippen LogP contribution in [-0.4, -0.2) is 4.98 Å². The fourth-order valence-electron chi connectivity index (χ4n) is 7.72. The third-order valence-corrected chi connectivity index (χ3v) is 11.5. The van der Waals surface area contributed by atoms with E-state index in [1.807, 2.05) is 53.8 Å². The molecule has 0 aliphatic carbocycles. The van der Waals surface area contributed by atoms with E-state index in [1.165, 1.54) is 31.3 Å². The zero-order valence-corrected chi connectivity index (χ0v) is 29.8. The molecule has 0 unspecified atom stereocenters. The summed E-state index contributed by atoms with van der Waals surface area (Å²) in [7, 11) is 0. The third kappa shape index (κ3) is 5.01. The van der Waals surface area contributed by atoms with Crippen LogP contribution in [0.5, 0.6) is 0 Å².